The molecule has 2 aromatic heterocycles. The number of hydrogen-bond acceptors (Lipinski definition) is 5. The van der Waals surface area contributed by atoms with Crippen molar-refractivity contribution in [3.05, 3.63) is 71.0 Å². The van der Waals surface area contributed by atoms with Crippen LogP contribution >= 0.6 is 11.8 Å². The Bertz CT molecular complexity index is 1000. The molecule has 1 aliphatic rings. The molecule has 3 aromatic rings. The zero-order valence-corrected chi connectivity index (χ0v) is 14.8. The summed E-state index contributed by atoms with van der Waals surface area (Å²) in [6, 6.07) is 15.2. The van der Waals surface area contributed by atoms with E-state index < -0.39 is 0 Å². The fourth-order valence-corrected chi connectivity index (χ4v) is 4.21. The van der Waals surface area contributed by atoms with Gasteiger partial charge >= 0.3 is 0 Å². The van der Waals surface area contributed by atoms with Crippen LogP contribution in [0.5, 0.6) is 0 Å². The number of hydrogen-bond donors (Lipinski definition) is 1. The summed E-state index contributed by atoms with van der Waals surface area (Å²) in [5, 5.41) is 16.6. The van der Waals surface area contributed by atoms with Crippen LogP contribution in [0.25, 0.3) is 5.82 Å². The van der Waals surface area contributed by atoms with Crippen LogP contribution in [0.1, 0.15) is 27.6 Å². The van der Waals surface area contributed by atoms with Crippen molar-refractivity contribution in [1.82, 2.24) is 14.8 Å². The third-order valence-electron chi connectivity index (χ3n) is 4.22. The van der Waals surface area contributed by atoms with Crippen molar-refractivity contribution in [3.8, 4) is 11.9 Å². The number of fused-ring (bicyclic) bond motifs is 1. The predicted octanol–water partition coefficient (Wildman–Crippen LogP) is 3.22. The zero-order chi connectivity index (χ0) is 18.1. The van der Waals surface area contributed by atoms with Gasteiger partial charge in [0.2, 0.25) is 5.91 Å². The lowest BCUT2D eigenvalue weighted by molar-refractivity contribution is -0.113. The molecule has 0 radical (unpaired) electrons. The number of aromatic nitrogens is 3. The number of nitrogens with one attached hydrogen (secondary N) is 1. The fraction of sp³-hybridized carbons (Fsp3) is 0.158. The van der Waals surface area contributed by atoms with Gasteiger partial charge in [0.15, 0.2) is 5.82 Å². The average Bonchev–Trinajstić information content (AvgIpc) is 2.88. The first-order valence-corrected chi connectivity index (χ1v) is 9.14. The molecular formula is C19H15N5OS. The quantitative estimate of drug-likeness (QED) is 0.758. The molecule has 1 aliphatic heterocycles. The van der Waals surface area contributed by atoms with Gasteiger partial charge in [0, 0.05) is 11.8 Å². The predicted molar refractivity (Wildman–Crippen MR) is 100 cm³/mol. The molecule has 0 unspecified atom stereocenters. The van der Waals surface area contributed by atoms with Crippen LogP contribution in [-0.4, -0.2) is 26.4 Å². The molecule has 128 valence electrons. The number of nitriles is 1. The largest absolute Gasteiger partial charge is 0.310 e. The van der Waals surface area contributed by atoms with E-state index in [4.69, 9.17) is 5.26 Å². The van der Waals surface area contributed by atoms with Gasteiger partial charge in [0.05, 0.1) is 28.3 Å². The average molecular weight is 361 g/mol. The molecule has 7 heteroatoms. The zero-order valence-electron chi connectivity index (χ0n) is 14.0. The van der Waals surface area contributed by atoms with Crippen LogP contribution in [0.4, 0.5) is 5.82 Å². The maximum atomic E-state index is 12.3. The molecule has 4 rings (SSSR count). The number of anilines is 1. The molecule has 1 N–H and O–H groups in total. The number of carbonyl (C=O) groups is 1. The summed E-state index contributed by atoms with van der Waals surface area (Å²) >= 11 is 1.56. The summed E-state index contributed by atoms with van der Waals surface area (Å²) < 4.78 is 1.69. The van der Waals surface area contributed by atoms with E-state index in [1.54, 1.807) is 34.8 Å². The first kappa shape index (κ1) is 16.4. The number of thioether (sulfide) groups is 1. The third kappa shape index (κ3) is 2.85. The topological polar surface area (TPSA) is 83.6 Å². The highest BCUT2D eigenvalue weighted by molar-refractivity contribution is 8.00. The molecule has 26 heavy (non-hydrogen) atoms. The van der Waals surface area contributed by atoms with Gasteiger partial charge in [-0.05, 0) is 36.8 Å². The summed E-state index contributed by atoms with van der Waals surface area (Å²) in [6.07, 6.45) is 1.70. The smallest absolute Gasteiger partial charge is 0.235 e. The van der Waals surface area contributed by atoms with Gasteiger partial charge in [-0.3, -0.25) is 4.79 Å². The molecule has 0 saturated heterocycles. The van der Waals surface area contributed by atoms with Crippen molar-refractivity contribution in [2.75, 3.05) is 11.1 Å². The fourth-order valence-electron chi connectivity index (χ4n) is 3.02. The van der Waals surface area contributed by atoms with Gasteiger partial charge in [-0.2, -0.15) is 15.0 Å². The minimum absolute atomic E-state index is 0.0471. The lowest BCUT2D eigenvalue weighted by Gasteiger charge is -2.15. The minimum atomic E-state index is -0.0653. The Morgan fingerprint density at radius 3 is 2.77 bits per heavy atom. The second-order valence-corrected chi connectivity index (χ2v) is 7.01. The van der Waals surface area contributed by atoms with Crippen LogP contribution in [0.15, 0.2) is 48.7 Å². The first-order valence-electron chi connectivity index (χ1n) is 8.10. The number of pyridine rings is 1. The van der Waals surface area contributed by atoms with Gasteiger partial charge in [-0.1, -0.05) is 18.2 Å². The van der Waals surface area contributed by atoms with Crippen LogP contribution in [0.3, 0.4) is 0 Å². The maximum Gasteiger partial charge on any atom is 0.235 e. The Morgan fingerprint density at radius 2 is 2.08 bits per heavy atom. The van der Waals surface area contributed by atoms with Crippen LogP contribution in [0.2, 0.25) is 0 Å². The highest BCUT2D eigenvalue weighted by atomic mass is 32.2. The molecule has 1 amide bonds. The van der Waals surface area contributed by atoms with E-state index in [-0.39, 0.29) is 11.2 Å². The molecule has 1 aromatic carbocycles. The third-order valence-corrected chi connectivity index (χ3v) is 5.49. The van der Waals surface area contributed by atoms with E-state index in [9.17, 15) is 4.79 Å². The number of aryl methyl sites for hydroxylation is 1. The number of nitrogens with zero attached hydrogens (tertiary/aromatic N) is 4. The molecule has 6 nitrogen and oxygen atoms in total. The normalized spacial score (nSPS) is 16.3. The van der Waals surface area contributed by atoms with E-state index in [0.29, 0.717) is 23.0 Å². The second kappa shape index (κ2) is 6.65. The van der Waals surface area contributed by atoms with Gasteiger partial charge in [0.25, 0.3) is 0 Å². The molecule has 0 fully saturated rings. The highest BCUT2D eigenvalue weighted by Crippen LogP contribution is 2.43. The van der Waals surface area contributed by atoms with Crippen molar-refractivity contribution in [1.29, 1.82) is 5.26 Å². The summed E-state index contributed by atoms with van der Waals surface area (Å²) in [7, 11) is 0. The van der Waals surface area contributed by atoms with Crippen molar-refractivity contribution in [2.45, 2.75) is 12.2 Å². The Morgan fingerprint density at radius 1 is 1.27 bits per heavy atom. The molecular weight excluding hydrogens is 346 g/mol. The molecule has 0 saturated carbocycles. The summed E-state index contributed by atoms with van der Waals surface area (Å²) in [6.45, 7) is 1.94. The molecule has 0 bridgehead atoms. The van der Waals surface area contributed by atoms with E-state index in [2.05, 4.69) is 21.5 Å². The number of amides is 1. The standard InChI is InChI=1S/C19H15N5OS/c1-12-17-18(14-7-5-13(10-20)6-8-14)26-11-16(25)22-19(17)24(23-12)15-4-2-3-9-21-15/h2-9,18H,11H2,1H3,(H,22,25)/t18-/m0/s1. The van der Waals surface area contributed by atoms with Gasteiger partial charge in [-0.15, -0.1) is 11.8 Å². The Labute approximate surface area is 154 Å². The second-order valence-electron chi connectivity index (χ2n) is 5.92. The van der Waals surface area contributed by atoms with Gasteiger partial charge in [0.1, 0.15) is 5.82 Å². The number of carbonyl (C=O) groups excluding carboxylic acids is 1. The first-order chi connectivity index (χ1) is 12.7. The van der Waals surface area contributed by atoms with Crippen molar-refractivity contribution in [2.24, 2.45) is 0 Å². The van der Waals surface area contributed by atoms with Gasteiger partial charge < -0.3 is 5.32 Å². The van der Waals surface area contributed by atoms with Crippen LogP contribution in [-0.2, 0) is 4.79 Å². The van der Waals surface area contributed by atoms with Crippen molar-refractivity contribution >= 4 is 23.5 Å². The lowest BCUT2D eigenvalue weighted by atomic mass is 10.0. The summed E-state index contributed by atoms with van der Waals surface area (Å²) in [5.41, 5.74) is 3.46. The molecule has 1 atom stereocenters. The monoisotopic (exact) mass is 361 g/mol. The van der Waals surface area contributed by atoms with Crippen LogP contribution < -0.4 is 5.32 Å². The van der Waals surface area contributed by atoms with Crippen molar-refractivity contribution < 1.29 is 4.79 Å². The minimum Gasteiger partial charge on any atom is -0.310 e. The summed E-state index contributed by atoms with van der Waals surface area (Å²) in [5.74, 6) is 1.60. The van der Waals surface area contributed by atoms with E-state index >= 15 is 0 Å². The molecule has 0 aliphatic carbocycles. The summed E-state index contributed by atoms with van der Waals surface area (Å²) in [4.78, 5) is 16.6. The lowest BCUT2D eigenvalue weighted by Crippen LogP contribution is -2.16. The number of rotatable bonds is 2. The van der Waals surface area contributed by atoms with Crippen LogP contribution in [0, 0.1) is 18.3 Å². The SMILES string of the molecule is Cc1nn(-c2ccccn2)c2c1[C@H](c1ccc(C#N)cc1)SCC(=O)N2. The van der Waals surface area contributed by atoms with E-state index in [1.165, 1.54) is 0 Å². The Kier molecular flexibility index (Phi) is 4.19. The maximum absolute atomic E-state index is 12.3. The number of benzene rings is 1. The molecule has 3 heterocycles. The van der Waals surface area contributed by atoms with E-state index in [0.717, 1.165) is 16.8 Å². The Hall–Kier alpha value is -3.11. The molecule has 0 spiro atoms. The van der Waals surface area contributed by atoms with E-state index in [1.807, 2.05) is 37.3 Å². The Balaban J connectivity index is 1.87. The highest BCUT2D eigenvalue weighted by Gasteiger charge is 2.30. The van der Waals surface area contributed by atoms with Crippen molar-refractivity contribution in [3.63, 3.8) is 0 Å². The van der Waals surface area contributed by atoms with Gasteiger partial charge in [-0.25, -0.2) is 4.98 Å².